The summed E-state index contributed by atoms with van der Waals surface area (Å²) in [7, 11) is 0. The van der Waals surface area contributed by atoms with Gasteiger partial charge in [0.25, 0.3) is 5.56 Å². The number of nitrogens with one attached hydrogen (secondary N) is 3. The van der Waals surface area contributed by atoms with Gasteiger partial charge in [0, 0.05) is 18.5 Å². The van der Waals surface area contributed by atoms with E-state index in [1.165, 1.54) is 18.6 Å². The summed E-state index contributed by atoms with van der Waals surface area (Å²) >= 11 is 0. The van der Waals surface area contributed by atoms with Gasteiger partial charge in [0.2, 0.25) is 5.91 Å². The molecule has 0 aliphatic rings. The van der Waals surface area contributed by atoms with Crippen LogP contribution >= 0.6 is 0 Å². The number of rotatable bonds is 4. The van der Waals surface area contributed by atoms with Crippen LogP contribution in [0.1, 0.15) is 5.69 Å². The Kier molecular flexibility index (Phi) is 3.37. The zero-order chi connectivity index (χ0) is 13.0. The Morgan fingerprint density at radius 2 is 2.28 bits per heavy atom. The second-order valence-electron chi connectivity index (χ2n) is 3.59. The van der Waals surface area contributed by atoms with E-state index in [1.54, 1.807) is 6.20 Å². The molecule has 18 heavy (non-hydrogen) atoms. The third kappa shape index (κ3) is 2.94. The molecule has 0 bridgehead atoms. The van der Waals surface area contributed by atoms with Crippen LogP contribution in [0.15, 0.2) is 34.4 Å². The van der Waals surface area contributed by atoms with E-state index in [9.17, 15) is 14.4 Å². The van der Waals surface area contributed by atoms with Gasteiger partial charge in [-0.15, -0.1) is 0 Å². The number of hydrogen-bond acceptors (Lipinski definition) is 4. The zero-order valence-corrected chi connectivity index (χ0v) is 9.34. The molecule has 0 saturated heterocycles. The van der Waals surface area contributed by atoms with Crippen molar-refractivity contribution in [3.05, 3.63) is 51.3 Å². The Labute approximate surface area is 101 Å². The minimum atomic E-state index is -0.612. The topological polar surface area (TPSA) is 113 Å². The maximum atomic E-state index is 11.5. The zero-order valence-electron chi connectivity index (χ0n) is 9.34. The standard InChI is InChI=1S/C10H11N5O3/c16-8-1-2-15(10(18)14-8)5-9(17)12-4-7-3-11-6-13-7/h1-3,6H,4-5H2,(H,11,13)(H,12,17)(H,14,16,18). The molecule has 0 aromatic carbocycles. The van der Waals surface area contributed by atoms with Gasteiger partial charge in [0.1, 0.15) is 6.54 Å². The molecule has 0 saturated carbocycles. The summed E-state index contributed by atoms with van der Waals surface area (Å²) in [4.78, 5) is 42.4. The van der Waals surface area contributed by atoms with Crippen molar-refractivity contribution >= 4 is 5.91 Å². The monoisotopic (exact) mass is 249 g/mol. The quantitative estimate of drug-likeness (QED) is 0.617. The van der Waals surface area contributed by atoms with Crippen molar-refractivity contribution in [2.75, 3.05) is 0 Å². The van der Waals surface area contributed by atoms with Crippen LogP contribution in [0.5, 0.6) is 0 Å². The Morgan fingerprint density at radius 1 is 1.44 bits per heavy atom. The second-order valence-corrected chi connectivity index (χ2v) is 3.59. The van der Waals surface area contributed by atoms with E-state index in [0.29, 0.717) is 6.54 Å². The van der Waals surface area contributed by atoms with Crippen LogP contribution in [0, 0.1) is 0 Å². The smallest absolute Gasteiger partial charge is 0.328 e. The summed E-state index contributed by atoms with van der Waals surface area (Å²) in [6, 6.07) is 1.18. The first-order chi connectivity index (χ1) is 8.65. The van der Waals surface area contributed by atoms with Crippen LogP contribution in [0.3, 0.4) is 0 Å². The molecule has 8 heteroatoms. The Morgan fingerprint density at radius 3 is 2.94 bits per heavy atom. The number of aromatic nitrogens is 4. The van der Waals surface area contributed by atoms with Gasteiger partial charge in [-0.3, -0.25) is 19.1 Å². The molecule has 0 atom stereocenters. The van der Waals surface area contributed by atoms with Crippen LogP contribution < -0.4 is 16.6 Å². The van der Waals surface area contributed by atoms with E-state index in [1.807, 2.05) is 0 Å². The molecule has 94 valence electrons. The Balaban J connectivity index is 1.95. The molecule has 2 aromatic rings. The lowest BCUT2D eigenvalue weighted by Gasteiger charge is -2.05. The number of imidazole rings is 1. The summed E-state index contributed by atoms with van der Waals surface area (Å²) < 4.78 is 1.11. The molecule has 3 N–H and O–H groups in total. The first kappa shape index (κ1) is 11.8. The third-order valence-electron chi connectivity index (χ3n) is 2.24. The normalized spacial score (nSPS) is 10.2. The molecule has 8 nitrogen and oxygen atoms in total. The number of carbonyl (C=O) groups is 1. The number of carbonyl (C=O) groups excluding carboxylic acids is 1. The highest BCUT2D eigenvalue weighted by molar-refractivity contribution is 5.75. The number of amides is 1. The largest absolute Gasteiger partial charge is 0.349 e. The molecule has 2 rings (SSSR count). The van der Waals surface area contributed by atoms with Crippen LogP contribution in [-0.4, -0.2) is 25.4 Å². The van der Waals surface area contributed by atoms with Crippen LogP contribution in [0.4, 0.5) is 0 Å². The molecular formula is C10H11N5O3. The summed E-state index contributed by atoms with van der Waals surface area (Å²) in [5, 5.41) is 2.61. The van der Waals surface area contributed by atoms with E-state index < -0.39 is 11.2 Å². The van der Waals surface area contributed by atoms with Crippen molar-refractivity contribution in [3.8, 4) is 0 Å². The molecule has 0 aliphatic carbocycles. The predicted octanol–water partition coefficient (Wildman–Crippen LogP) is -1.42. The van der Waals surface area contributed by atoms with Gasteiger partial charge in [0.15, 0.2) is 0 Å². The summed E-state index contributed by atoms with van der Waals surface area (Å²) in [5.41, 5.74) is -0.342. The molecule has 0 spiro atoms. The van der Waals surface area contributed by atoms with E-state index >= 15 is 0 Å². The molecular weight excluding hydrogens is 238 g/mol. The molecule has 0 unspecified atom stereocenters. The van der Waals surface area contributed by atoms with E-state index in [-0.39, 0.29) is 12.5 Å². The second kappa shape index (κ2) is 5.13. The summed E-state index contributed by atoms with van der Waals surface area (Å²) in [5.74, 6) is -0.334. The maximum absolute atomic E-state index is 11.5. The van der Waals surface area contributed by atoms with Gasteiger partial charge in [0.05, 0.1) is 18.6 Å². The van der Waals surface area contributed by atoms with E-state index in [0.717, 1.165) is 10.3 Å². The van der Waals surface area contributed by atoms with Gasteiger partial charge in [-0.1, -0.05) is 0 Å². The third-order valence-corrected chi connectivity index (χ3v) is 2.24. The number of hydrogen-bond donors (Lipinski definition) is 3. The minimum Gasteiger partial charge on any atom is -0.349 e. The van der Waals surface area contributed by atoms with E-state index in [2.05, 4.69) is 20.3 Å². The van der Waals surface area contributed by atoms with Gasteiger partial charge >= 0.3 is 5.69 Å². The molecule has 2 heterocycles. The van der Waals surface area contributed by atoms with Crippen LogP contribution in [-0.2, 0) is 17.9 Å². The van der Waals surface area contributed by atoms with Gasteiger partial charge in [-0.2, -0.15) is 0 Å². The lowest BCUT2D eigenvalue weighted by Crippen LogP contribution is -2.35. The molecule has 0 aliphatic heterocycles. The average Bonchev–Trinajstić information content (AvgIpc) is 2.83. The number of H-pyrrole nitrogens is 2. The highest BCUT2D eigenvalue weighted by Gasteiger charge is 2.04. The van der Waals surface area contributed by atoms with Gasteiger partial charge in [-0.25, -0.2) is 9.78 Å². The lowest BCUT2D eigenvalue weighted by molar-refractivity contribution is -0.121. The van der Waals surface area contributed by atoms with Crippen LogP contribution in [0.25, 0.3) is 0 Å². The minimum absolute atomic E-state index is 0.149. The van der Waals surface area contributed by atoms with E-state index in [4.69, 9.17) is 0 Å². The highest BCUT2D eigenvalue weighted by atomic mass is 16.2. The van der Waals surface area contributed by atoms with Crippen molar-refractivity contribution in [3.63, 3.8) is 0 Å². The van der Waals surface area contributed by atoms with Crippen molar-refractivity contribution in [1.82, 2.24) is 24.8 Å². The molecule has 1 amide bonds. The van der Waals surface area contributed by atoms with Crippen molar-refractivity contribution in [2.24, 2.45) is 0 Å². The Hall–Kier alpha value is -2.64. The number of nitrogens with zero attached hydrogens (tertiary/aromatic N) is 2. The van der Waals surface area contributed by atoms with Crippen molar-refractivity contribution < 1.29 is 4.79 Å². The Bertz CT molecular complexity index is 640. The first-order valence-corrected chi connectivity index (χ1v) is 5.19. The fourth-order valence-corrected chi connectivity index (χ4v) is 1.35. The van der Waals surface area contributed by atoms with Crippen molar-refractivity contribution in [2.45, 2.75) is 13.1 Å². The van der Waals surface area contributed by atoms with Crippen LogP contribution in [0.2, 0.25) is 0 Å². The van der Waals surface area contributed by atoms with Crippen molar-refractivity contribution in [1.29, 1.82) is 0 Å². The lowest BCUT2D eigenvalue weighted by atomic mass is 10.4. The fraction of sp³-hybridized carbons (Fsp3) is 0.200. The van der Waals surface area contributed by atoms with Gasteiger partial charge in [-0.05, 0) is 0 Å². The SMILES string of the molecule is O=C(Cn1ccc(=O)[nH]c1=O)NCc1cnc[nH]1. The summed E-state index contributed by atoms with van der Waals surface area (Å²) in [6.07, 6.45) is 4.37. The highest BCUT2D eigenvalue weighted by Crippen LogP contribution is 1.89. The average molecular weight is 249 g/mol. The molecule has 0 radical (unpaired) electrons. The predicted molar refractivity (Wildman–Crippen MR) is 61.8 cm³/mol. The van der Waals surface area contributed by atoms with Gasteiger partial charge < -0.3 is 10.3 Å². The molecule has 2 aromatic heterocycles. The fourth-order valence-electron chi connectivity index (χ4n) is 1.35. The first-order valence-electron chi connectivity index (χ1n) is 5.19. The molecule has 0 fully saturated rings. The summed E-state index contributed by atoms with van der Waals surface area (Å²) in [6.45, 7) is 0.153. The number of aromatic amines is 2. The maximum Gasteiger partial charge on any atom is 0.328 e.